The first kappa shape index (κ1) is 25.8. The van der Waals surface area contributed by atoms with Gasteiger partial charge in [0.2, 0.25) is 5.91 Å². The van der Waals surface area contributed by atoms with Crippen molar-refractivity contribution in [2.45, 2.75) is 85.0 Å². The van der Waals surface area contributed by atoms with E-state index in [0.717, 1.165) is 38.5 Å². The highest BCUT2D eigenvalue weighted by Gasteiger charge is 2.63. The monoisotopic (exact) mass is 495 g/mol. The van der Waals surface area contributed by atoms with E-state index in [1.54, 1.807) is 0 Å². The third kappa shape index (κ3) is 4.73. The van der Waals surface area contributed by atoms with Crippen molar-refractivity contribution < 1.29 is 27.4 Å². The number of hydrogen-bond acceptors (Lipinski definition) is 5. The van der Waals surface area contributed by atoms with Gasteiger partial charge in [-0.3, -0.25) is 18.9 Å². The zero-order valence-electron chi connectivity index (χ0n) is 20.8. The summed E-state index contributed by atoms with van der Waals surface area (Å²) in [5.41, 5.74) is 0.211. The van der Waals surface area contributed by atoms with Gasteiger partial charge in [0, 0.05) is 38.1 Å². The molecule has 0 aliphatic heterocycles. The van der Waals surface area contributed by atoms with Crippen molar-refractivity contribution in [1.82, 2.24) is 5.32 Å². The van der Waals surface area contributed by atoms with Crippen LogP contribution in [0.2, 0.25) is 0 Å². The summed E-state index contributed by atoms with van der Waals surface area (Å²) in [5, 5.41) is 2.58. The van der Waals surface area contributed by atoms with Gasteiger partial charge in [0.1, 0.15) is 11.6 Å². The number of Topliss-reactive ketones (excluding diaryl/α,β-unsaturated/α-hetero) is 2. The van der Waals surface area contributed by atoms with Gasteiger partial charge < -0.3 is 5.32 Å². The van der Waals surface area contributed by atoms with Crippen LogP contribution in [-0.4, -0.2) is 42.7 Å². The molecule has 192 valence electrons. The number of nitrogens with one attached hydrogen (secondary N) is 1. The zero-order valence-corrected chi connectivity index (χ0v) is 21.7. The quantitative estimate of drug-likeness (QED) is 0.519. The van der Waals surface area contributed by atoms with Crippen LogP contribution in [-0.2, 0) is 24.5 Å². The number of fused-ring (bicyclic) bond motifs is 5. The van der Waals surface area contributed by atoms with Crippen molar-refractivity contribution in [2.75, 3.05) is 12.3 Å². The maximum atomic E-state index is 13.5. The van der Waals surface area contributed by atoms with Crippen molar-refractivity contribution in [3.63, 3.8) is 0 Å². The SMILES string of the molecule is C[C@H](CCC(=O)NCCS(=O)(=O)O)[C@H]1CCC2C3C(=O)CC4CC(=O)CC[C@]4(C)C3CC[C@@]21C. The first-order valence-corrected chi connectivity index (χ1v) is 14.7. The Balaban J connectivity index is 1.40. The molecule has 7 nitrogen and oxygen atoms in total. The van der Waals surface area contributed by atoms with Gasteiger partial charge >= 0.3 is 0 Å². The molecule has 4 aliphatic carbocycles. The van der Waals surface area contributed by atoms with Crippen LogP contribution in [0.1, 0.15) is 85.0 Å². The summed E-state index contributed by atoms with van der Waals surface area (Å²) < 4.78 is 30.5. The summed E-state index contributed by atoms with van der Waals surface area (Å²) in [5.74, 6) is 2.00. The number of rotatable bonds is 7. The van der Waals surface area contributed by atoms with Crippen LogP contribution in [0, 0.1) is 46.3 Å². The van der Waals surface area contributed by atoms with Gasteiger partial charge in [0.15, 0.2) is 0 Å². The van der Waals surface area contributed by atoms with Gasteiger partial charge in [0.05, 0.1) is 5.75 Å². The summed E-state index contributed by atoms with van der Waals surface area (Å²) >= 11 is 0. The molecule has 4 unspecified atom stereocenters. The van der Waals surface area contributed by atoms with E-state index in [1.165, 1.54) is 0 Å². The Bertz CT molecular complexity index is 947. The number of carbonyl (C=O) groups excluding carboxylic acids is 3. The van der Waals surface area contributed by atoms with Crippen molar-refractivity contribution in [3.8, 4) is 0 Å². The van der Waals surface area contributed by atoms with E-state index in [9.17, 15) is 22.8 Å². The van der Waals surface area contributed by atoms with Crippen LogP contribution in [0.15, 0.2) is 0 Å². The lowest BCUT2D eigenvalue weighted by atomic mass is 9.44. The summed E-state index contributed by atoms with van der Waals surface area (Å²) in [6, 6.07) is 0. The van der Waals surface area contributed by atoms with E-state index in [0.29, 0.717) is 60.9 Å². The maximum Gasteiger partial charge on any atom is 0.266 e. The molecular weight excluding hydrogens is 454 g/mol. The van der Waals surface area contributed by atoms with E-state index in [2.05, 4.69) is 26.1 Å². The molecule has 4 saturated carbocycles. The third-order valence-corrected chi connectivity index (χ3v) is 11.3. The fraction of sp³-hybridized carbons (Fsp3) is 0.885. The molecule has 2 N–H and O–H groups in total. The average Bonchev–Trinajstić information content (AvgIpc) is 3.09. The molecule has 0 bridgehead atoms. The fourth-order valence-corrected chi connectivity index (χ4v) is 9.03. The molecule has 0 saturated heterocycles. The van der Waals surface area contributed by atoms with E-state index < -0.39 is 15.9 Å². The molecule has 0 radical (unpaired) electrons. The lowest BCUT2D eigenvalue weighted by Gasteiger charge is -2.59. The number of carbonyl (C=O) groups is 3. The first-order chi connectivity index (χ1) is 15.8. The van der Waals surface area contributed by atoms with Gasteiger partial charge in [-0.2, -0.15) is 8.42 Å². The molecule has 0 aromatic rings. The summed E-state index contributed by atoms with van der Waals surface area (Å²) in [6.45, 7) is 6.86. The van der Waals surface area contributed by atoms with Crippen LogP contribution in [0.4, 0.5) is 0 Å². The van der Waals surface area contributed by atoms with E-state index in [1.807, 2.05) is 0 Å². The van der Waals surface area contributed by atoms with Crippen molar-refractivity contribution in [1.29, 1.82) is 0 Å². The molecule has 0 spiro atoms. The fourth-order valence-electron chi connectivity index (χ4n) is 8.67. The normalized spacial score (nSPS) is 40.8. The minimum Gasteiger partial charge on any atom is -0.355 e. The highest BCUT2D eigenvalue weighted by Crippen LogP contribution is 2.67. The van der Waals surface area contributed by atoms with Crippen LogP contribution in [0.25, 0.3) is 0 Å². The maximum absolute atomic E-state index is 13.5. The molecule has 8 atom stereocenters. The van der Waals surface area contributed by atoms with Crippen LogP contribution in [0.3, 0.4) is 0 Å². The Labute approximate surface area is 204 Å². The molecule has 4 aliphatic rings. The lowest BCUT2D eigenvalue weighted by Crippen LogP contribution is -2.57. The smallest absolute Gasteiger partial charge is 0.266 e. The minimum atomic E-state index is -4.07. The van der Waals surface area contributed by atoms with Gasteiger partial charge in [-0.25, -0.2) is 0 Å². The van der Waals surface area contributed by atoms with E-state index in [-0.39, 0.29) is 35.1 Å². The zero-order chi connectivity index (χ0) is 24.9. The summed E-state index contributed by atoms with van der Waals surface area (Å²) in [6.07, 6.45) is 8.14. The highest BCUT2D eigenvalue weighted by molar-refractivity contribution is 7.85. The molecule has 0 heterocycles. The summed E-state index contributed by atoms with van der Waals surface area (Å²) in [7, 11) is -4.07. The van der Waals surface area contributed by atoms with E-state index >= 15 is 0 Å². The Hall–Kier alpha value is -1.28. The van der Waals surface area contributed by atoms with Crippen molar-refractivity contribution in [3.05, 3.63) is 0 Å². The highest BCUT2D eigenvalue weighted by atomic mass is 32.2. The van der Waals surface area contributed by atoms with Crippen molar-refractivity contribution in [2.24, 2.45) is 46.3 Å². The average molecular weight is 496 g/mol. The largest absolute Gasteiger partial charge is 0.355 e. The third-order valence-electron chi connectivity index (χ3n) is 10.6. The second-order valence-electron chi connectivity index (χ2n) is 12.2. The lowest BCUT2D eigenvalue weighted by molar-refractivity contribution is -0.159. The second-order valence-corrected chi connectivity index (χ2v) is 13.8. The second kappa shape index (κ2) is 9.30. The van der Waals surface area contributed by atoms with Crippen LogP contribution < -0.4 is 5.32 Å². The standard InChI is InChI=1S/C26H41NO6S/c1-16(4-7-23(30)27-12-13-34(31,32)33)19-5-6-20-24-21(9-11-26(19,20)3)25(2)10-8-18(28)14-17(25)15-22(24)29/h16-17,19-21,24H,4-15H2,1-3H3,(H,27,30)(H,31,32,33)/t16-,17?,19-,20?,21?,24?,25+,26-/m1/s1. The first-order valence-electron chi connectivity index (χ1n) is 13.1. The molecule has 1 amide bonds. The van der Waals surface area contributed by atoms with Gasteiger partial charge in [-0.05, 0) is 78.9 Å². The van der Waals surface area contributed by atoms with Crippen LogP contribution >= 0.6 is 0 Å². The molecule has 4 rings (SSSR count). The predicted octanol–water partition coefficient (Wildman–Crippen LogP) is 3.81. The molecule has 4 fully saturated rings. The Morgan fingerprint density at radius 3 is 2.50 bits per heavy atom. The molecule has 0 aromatic heterocycles. The predicted molar refractivity (Wildman–Crippen MR) is 128 cm³/mol. The van der Waals surface area contributed by atoms with Crippen molar-refractivity contribution >= 4 is 27.6 Å². The van der Waals surface area contributed by atoms with Crippen LogP contribution in [0.5, 0.6) is 0 Å². The Kier molecular flexibility index (Phi) is 7.06. The van der Waals surface area contributed by atoms with Gasteiger partial charge in [-0.15, -0.1) is 0 Å². The summed E-state index contributed by atoms with van der Waals surface area (Å²) in [4.78, 5) is 37.7. The number of ketones is 2. The molecule has 0 aromatic carbocycles. The topological polar surface area (TPSA) is 118 Å². The minimum absolute atomic E-state index is 0.0776. The number of amides is 1. The Morgan fingerprint density at radius 2 is 1.79 bits per heavy atom. The van der Waals surface area contributed by atoms with Gasteiger partial charge in [-0.1, -0.05) is 20.8 Å². The molecular formula is C26H41NO6S. The Morgan fingerprint density at radius 1 is 1.09 bits per heavy atom. The van der Waals surface area contributed by atoms with E-state index in [4.69, 9.17) is 4.55 Å². The molecule has 34 heavy (non-hydrogen) atoms. The molecule has 8 heteroatoms. The van der Waals surface area contributed by atoms with Gasteiger partial charge in [0.25, 0.3) is 10.1 Å². The number of hydrogen-bond donors (Lipinski definition) is 2.